The zero-order valence-electron chi connectivity index (χ0n) is 28.7. The molecule has 0 saturated carbocycles. The van der Waals surface area contributed by atoms with Crippen molar-refractivity contribution in [2.75, 3.05) is 45.1 Å². The average Bonchev–Trinajstić information content (AvgIpc) is 3.60. The van der Waals surface area contributed by atoms with Gasteiger partial charge in [-0.25, -0.2) is 13.2 Å². The molecule has 3 amide bonds. The van der Waals surface area contributed by atoms with Crippen LogP contribution < -0.4 is 25.4 Å². The van der Waals surface area contributed by atoms with Gasteiger partial charge in [0.1, 0.15) is 6.04 Å². The number of benzene rings is 3. The third-order valence-electron chi connectivity index (χ3n) is 9.30. The number of nitrogens with one attached hydrogen (secondary N) is 3. The quantitative estimate of drug-likeness (QED) is 0.226. The number of sulfone groups is 1. The normalized spacial score (nSPS) is 17.9. The Hall–Kier alpha value is -4.78. The number of hydrogen-bond acceptors (Lipinski definition) is 9. The number of rotatable bonds is 11. The van der Waals surface area contributed by atoms with Crippen molar-refractivity contribution < 1.29 is 37.0 Å². The molecule has 3 N–H and O–H groups in total. The molecule has 5 rings (SSSR count). The second kappa shape index (κ2) is 14.8. The second-order valence-corrected chi connectivity index (χ2v) is 14.9. The predicted molar refractivity (Wildman–Crippen MR) is 186 cm³/mol. The van der Waals surface area contributed by atoms with E-state index in [0.29, 0.717) is 65.5 Å². The van der Waals surface area contributed by atoms with E-state index in [2.05, 4.69) is 22.9 Å². The maximum absolute atomic E-state index is 14.8. The minimum atomic E-state index is -3.77. The summed E-state index contributed by atoms with van der Waals surface area (Å²) in [6.45, 7) is 6.24. The van der Waals surface area contributed by atoms with E-state index < -0.39 is 33.3 Å². The molecule has 13 heteroatoms. The van der Waals surface area contributed by atoms with E-state index in [-0.39, 0.29) is 22.6 Å². The van der Waals surface area contributed by atoms with E-state index >= 15 is 0 Å². The maximum Gasteiger partial charge on any atom is 0.411 e. The van der Waals surface area contributed by atoms with Crippen LogP contribution in [0.3, 0.4) is 0 Å². The van der Waals surface area contributed by atoms with Crippen LogP contribution in [0.25, 0.3) is 0 Å². The maximum atomic E-state index is 14.8. The number of nitrogens with zero attached hydrogens (tertiary/aromatic N) is 1. The number of methoxy groups -OCH3 is 3. The fraction of sp³-hybridized carbons (Fsp3) is 0.417. The van der Waals surface area contributed by atoms with Gasteiger partial charge in [-0.05, 0) is 92.3 Å². The van der Waals surface area contributed by atoms with Gasteiger partial charge in [-0.1, -0.05) is 19.1 Å². The molecule has 49 heavy (non-hydrogen) atoms. The molecule has 3 unspecified atom stereocenters. The number of anilines is 2. The van der Waals surface area contributed by atoms with E-state index in [0.717, 1.165) is 12.0 Å². The van der Waals surface area contributed by atoms with Gasteiger partial charge in [0.15, 0.2) is 21.3 Å². The largest absolute Gasteiger partial charge is 0.493 e. The fourth-order valence-electron chi connectivity index (χ4n) is 6.56. The molecule has 2 aliphatic heterocycles. The first-order chi connectivity index (χ1) is 23.4. The number of likely N-dealkylation sites (tertiary alicyclic amines) is 1. The van der Waals surface area contributed by atoms with Crippen LogP contribution in [0.5, 0.6) is 11.5 Å². The van der Waals surface area contributed by atoms with Crippen molar-refractivity contribution in [1.29, 1.82) is 0 Å². The van der Waals surface area contributed by atoms with Gasteiger partial charge in [-0.15, -0.1) is 0 Å². The molecule has 3 aromatic carbocycles. The number of carbonyl (C=O) groups is 3. The Kier molecular flexibility index (Phi) is 10.7. The number of fused-ring (bicyclic) bond motifs is 1. The molecule has 262 valence electrons. The molecule has 1 fully saturated rings. The topological polar surface area (TPSA) is 152 Å². The number of ether oxygens (including phenoxy) is 3. The van der Waals surface area contributed by atoms with Crippen molar-refractivity contribution in [3.63, 3.8) is 0 Å². The highest BCUT2D eigenvalue weighted by Crippen LogP contribution is 2.41. The number of amides is 3. The van der Waals surface area contributed by atoms with Crippen molar-refractivity contribution in [1.82, 2.24) is 10.2 Å². The van der Waals surface area contributed by atoms with Gasteiger partial charge in [-0.2, -0.15) is 0 Å². The Balaban J connectivity index is 1.59. The highest BCUT2D eigenvalue weighted by molar-refractivity contribution is 7.92. The summed E-state index contributed by atoms with van der Waals surface area (Å²) in [5.74, 6) is 0.640. The summed E-state index contributed by atoms with van der Waals surface area (Å²) in [6, 6.07) is 13.8. The molecule has 0 aliphatic carbocycles. The van der Waals surface area contributed by atoms with Crippen LogP contribution in [-0.4, -0.2) is 70.9 Å². The lowest BCUT2D eigenvalue weighted by atomic mass is 9.88. The Morgan fingerprint density at radius 1 is 0.959 bits per heavy atom. The van der Waals surface area contributed by atoms with E-state index in [9.17, 15) is 22.8 Å². The minimum absolute atomic E-state index is 0.101. The van der Waals surface area contributed by atoms with Crippen LogP contribution in [0.15, 0.2) is 59.5 Å². The molecular weight excluding hydrogens is 648 g/mol. The number of carbonyl (C=O) groups excluding carboxylic acids is 3. The second-order valence-electron chi connectivity index (χ2n) is 12.5. The molecule has 1 saturated heterocycles. The Bertz CT molecular complexity index is 1840. The molecule has 3 aromatic rings. The molecule has 0 aromatic heterocycles. The summed E-state index contributed by atoms with van der Waals surface area (Å²) in [7, 11) is 0.514. The Morgan fingerprint density at radius 2 is 1.69 bits per heavy atom. The fourth-order valence-corrected chi connectivity index (χ4v) is 7.85. The molecule has 2 aliphatic rings. The summed E-state index contributed by atoms with van der Waals surface area (Å²) in [5, 5.41) is 8.25. The van der Waals surface area contributed by atoms with E-state index in [1.54, 1.807) is 49.1 Å². The summed E-state index contributed by atoms with van der Waals surface area (Å²) in [4.78, 5) is 41.6. The first-order valence-electron chi connectivity index (χ1n) is 16.4. The van der Waals surface area contributed by atoms with E-state index in [4.69, 9.17) is 14.2 Å². The predicted octanol–water partition coefficient (Wildman–Crippen LogP) is 5.82. The smallest absolute Gasteiger partial charge is 0.411 e. The molecule has 12 nitrogen and oxygen atoms in total. The van der Waals surface area contributed by atoms with Crippen LogP contribution in [0.2, 0.25) is 0 Å². The summed E-state index contributed by atoms with van der Waals surface area (Å²) in [6.07, 6.45) is 1.30. The molecule has 3 atom stereocenters. The lowest BCUT2D eigenvalue weighted by Gasteiger charge is -2.32. The zero-order chi connectivity index (χ0) is 35.5. The van der Waals surface area contributed by atoms with Crippen LogP contribution in [0.1, 0.15) is 85.1 Å². The van der Waals surface area contributed by atoms with Crippen molar-refractivity contribution >= 4 is 39.1 Å². The Labute approximate surface area is 287 Å². The van der Waals surface area contributed by atoms with Gasteiger partial charge < -0.3 is 29.7 Å². The average molecular weight is 693 g/mol. The van der Waals surface area contributed by atoms with Crippen LogP contribution in [-0.2, 0) is 19.4 Å². The number of hydrogen-bond donors (Lipinski definition) is 3. The summed E-state index contributed by atoms with van der Waals surface area (Å²) >= 11 is 0. The molecule has 0 spiro atoms. The van der Waals surface area contributed by atoms with Gasteiger partial charge in [-0.3, -0.25) is 14.9 Å². The SMILES string of the molecule is CCC1CNC(=O)c2cc(NC(C(=O)N3CCCC3c3cc(NC(=O)OC)ccc3S(=O)(=O)C(C)C)c3ccc(OC)c(OC)c3)ccc21. The van der Waals surface area contributed by atoms with Crippen LogP contribution in [0.4, 0.5) is 16.2 Å². The molecular formula is C36H44N4O8S. The lowest BCUT2D eigenvalue weighted by Crippen LogP contribution is -2.38. The Morgan fingerprint density at radius 3 is 2.37 bits per heavy atom. The highest BCUT2D eigenvalue weighted by Gasteiger charge is 2.38. The first-order valence-corrected chi connectivity index (χ1v) is 17.9. The summed E-state index contributed by atoms with van der Waals surface area (Å²) in [5.41, 5.74) is 3.43. The molecule has 0 radical (unpaired) electrons. The van der Waals surface area contributed by atoms with Crippen molar-refractivity contribution in [3.8, 4) is 11.5 Å². The van der Waals surface area contributed by atoms with Gasteiger partial charge >= 0.3 is 6.09 Å². The van der Waals surface area contributed by atoms with Crippen LogP contribution in [0, 0.1) is 0 Å². The highest BCUT2D eigenvalue weighted by atomic mass is 32.2. The zero-order valence-corrected chi connectivity index (χ0v) is 29.5. The minimum Gasteiger partial charge on any atom is -0.493 e. The first kappa shape index (κ1) is 35.5. The van der Waals surface area contributed by atoms with Gasteiger partial charge in [0.25, 0.3) is 5.91 Å². The standard InChI is InChI=1S/C36H44N4O8S/c1-7-22-20-37-34(41)27-18-24(11-13-26(22)27)38-33(23-10-14-30(46-4)31(17-23)47-5)35(42)40-16-8-9-29(40)28-19-25(39-36(43)48-6)12-15-32(28)49(44,45)21(2)3/h10-15,17-19,21-22,29,33,38H,7-9,16,20H2,1-6H3,(H,37,41)(H,39,43). The van der Waals surface area contributed by atoms with Gasteiger partial charge in [0.05, 0.1) is 37.5 Å². The van der Waals surface area contributed by atoms with Gasteiger partial charge in [0.2, 0.25) is 5.91 Å². The van der Waals surface area contributed by atoms with E-state index in [1.165, 1.54) is 33.5 Å². The van der Waals surface area contributed by atoms with Gasteiger partial charge in [0, 0.05) is 35.9 Å². The lowest BCUT2D eigenvalue weighted by molar-refractivity contribution is -0.133. The van der Waals surface area contributed by atoms with Crippen molar-refractivity contribution in [2.24, 2.45) is 0 Å². The molecule has 2 heterocycles. The van der Waals surface area contributed by atoms with Crippen LogP contribution >= 0.6 is 0 Å². The van der Waals surface area contributed by atoms with Crippen molar-refractivity contribution in [2.45, 2.75) is 68.2 Å². The molecule has 0 bridgehead atoms. The third-order valence-corrected chi connectivity index (χ3v) is 11.5. The van der Waals surface area contributed by atoms with E-state index in [1.807, 2.05) is 12.1 Å². The third kappa shape index (κ3) is 7.17. The van der Waals surface area contributed by atoms with Crippen molar-refractivity contribution in [3.05, 3.63) is 76.9 Å². The monoisotopic (exact) mass is 692 g/mol. The summed E-state index contributed by atoms with van der Waals surface area (Å²) < 4.78 is 43.0.